The summed E-state index contributed by atoms with van der Waals surface area (Å²) < 4.78 is 1.65. The number of rotatable bonds is 7. The number of ketones is 1. The van der Waals surface area contributed by atoms with Gasteiger partial charge in [0.05, 0.1) is 22.2 Å². The Labute approximate surface area is 195 Å². The molecule has 1 aromatic carbocycles. The van der Waals surface area contributed by atoms with E-state index in [1.54, 1.807) is 41.8 Å². The fraction of sp³-hybridized carbons (Fsp3) is 0.292. The van der Waals surface area contributed by atoms with E-state index >= 15 is 0 Å². The second kappa shape index (κ2) is 9.06. The smallest absolute Gasteiger partial charge is 0.295 e. The first-order chi connectivity index (χ1) is 16.2. The maximum atomic E-state index is 13.2. The number of aromatic nitrogens is 2. The number of hydrogen-bond acceptors (Lipinski definition) is 7. The molecular weight excluding hydrogens is 438 g/mol. The van der Waals surface area contributed by atoms with Crippen molar-refractivity contribution in [3.8, 4) is 0 Å². The normalized spacial score (nSPS) is 17.8. The van der Waals surface area contributed by atoms with Gasteiger partial charge >= 0.3 is 0 Å². The minimum absolute atomic E-state index is 0.107. The van der Waals surface area contributed by atoms with Crippen molar-refractivity contribution in [2.75, 3.05) is 27.2 Å². The second-order valence-corrected chi connectivity index (χ2v) is 8.48. The Morgan fingerprint density at radius 2 is 1.97 bits per heavy atom. The number of aliphatic hydroxyl groups is 1. The Hall–Kier alpha value is -4.05. The molecule has 0 bridgehead atoms. The van der Waals surface area contributed by atoms with E-state index in [1.165, 1.54) is 23.1 Å². The number of non-ortho nitro benzene ring substituents is 1. The molecule has 4 rings (SSSR count). The zero-order chi connectivity index (χ0) is 24.6. The van der Waals surface area contributed by atoms with Crippen molar-refractivity contribution in [1.82, 2.24) is 19.2 Å². The van der Waals surface area contributed by atoms with Crippen LogP contribution in [0.15, 0.2) is 54.2 Å². The summed E-state index contributed by atoms with van der Waals surface area (Å²) in [5.74, 6) is -1.94. The molecule has 1 saturated heterocycles. The summed E-state index contributed by atoms with van der Waals surface area (Å²) in [6.45, 7) is 2.63. The van der Waals surface area contributed by atoms with E-state index in [9.17, 15) is 24.8 Å². The van der Waals surface area contributed by atoms with Gasteiger partial charge in [-0.25, -0.2) is 4.98 Å². The monoisotopic (exact) mass is 463 g/mol. The molecule has 0 saturated carbocycles. The van der Waals surface area contributed by atoms with Gasteiger partial charge in [-0.1, -0.05) is 18.2 Å². The van der Waals surface area contributed by atoms with E-state index in [0.29, 0.717) is 35.6 Å². The Morgan fingerprint density at radius 3 is 2.68 bits per heavy atom. The standard InChI is InChI=1S/C24H25N5O5/c1-15-20(27-12-5-4-10-18(27)25-15)22(30)19-21(16-8-6-9-17(14-16)29(33)34)28(24(32)23(19)31)13-7-11-26(2)3/h4-6,8-10,12,14,21,30H,7,11,13H2,1-3H3/b22-19+. The fourth-order valence-corrected chi connectivity index (χ4v) is 4.35. The highest BCUT2D eigenvalue weighted by molar-refractivity contribution is 6.46. The highest BCUT2D eigenvalue weighted by Gasteiger charge is 2.46. The number of carbonyl (C=O) groups excluding carboxylic acids is 2. The first kappa shape index (κ1) is 23.1. The lowest BCUT2D eigenvalue weighted by Crippen LogP contribution is -2.32. The number of nitro groups is 1. The molecule has 1 aliphatic heterocycles. The van der Waals surface area contributed by atoms with Gasteiger partial charge in [0.1, 0.15) is 11.3 Å². The number of hydrogen-bond donors (Lipinski definition) is 1. The SMILES string of the molecule is Cc1nc2ccccn2c1/C(O)=C1\C(=O)C(=O)N(CCCN(C)C)C1c1cccc([N+](=O)[O-])c1. The Kier molecular flexibility index (Phi) is 6.16. The number of aliphatic hydroxyl groups excluding tert-OH is 1. The fourth-order valence-electron chi connectivity index (χ4n) is 4.35. The maximum Gasteiger partial charge on any atom is 0.295 e. The van der Waals surface area contributed by atoms with Crippen molar-refractivity contribution in [2.45, 2.75) is 19.4 Å². The molecule has 1 fully saturated rings. The van der Waals surface area contributed by atoms with E-state index in [1.807, 2.05) is 19.0 Å². The summed E-state index contributed by atoms with van der Waals surface area (Å²) in [4.78, 5) is 44.9. The van der Waals surface area contributed by atoms with Crippen molar-refractivity contribution in [3.05, 3.63) is 81.3 Å². The van der Waals surface area contributed by atoms with Crippen LogP contribution in [-0.4, -0.2) is 68.1 Å². The van der Waals surface area contributed by atoms with Gasteiger partial charge in [-0.15, -0.1) is 0 Å². The summed E-state index contributed by atoms with van der Waals surface area (Å²) in [5.41, 5.74) is 1.48. The van der Waals surface area contributed by atoms with Crippen molar-refractivity contribution in [1.29, 1.82) is 0 Å². The van der Waals surface area contributed by atoms with Crippen LogP contribution in [0.4, 0.5) is 5.69 Å². The molecule has 0 spiro atoms. The molecule has 1 unspecified atom stereocenters. The molecule has 10 heteroatoms. The molecule has 34 heavy (non-hydrogen) atoms. The van der Waals surface area contributed by atoms with E-state index in [0.717, 1.165) is 0 Å². The molecule has 1 aliphatic rings. The van der Waals surface area contributed by atoms with Crippen LogP contribution in [0, 0.1) is 17.0 Å². The molecule has 0 radical (unpaired) electrons. The van der Waals surface area contributed by atoms with Gasteiger partial charge in [-0.2, -0.15) is 0 Å². The molecule has 3 aromatic rings. The van der Waals surface area contributed by atoms with Gasteiger partial charge in [0, 0.05) is 24.9 Å². The van der Waals surface area contributed by atoms with Crippen LogP contribution in [-0.2, 0) is 9.59 Å². The summed E-state index contributed by atoms with van der Waals surface area (Å²) in [7, 11) is 3.80. The second-order valence-electron chi connectivity index (χ2n) is 8.48. The van der Waals surface area contributed by atoms with Crippen molar-refractivity contribution in [3.63, 3.8) is 0 Å². The third-order valence-electron chi connectivity index (χ3n) is 5.87. The molecule has 3 heterocycles. The number of likely N-dealkylation sites (tertiary alicyclic amines) is 1. The highest BCUT2D eigenvalue weighted by Crippen LogP contribution is 2.40. The number of Topliss-reactive ketones (excluding diaryl/α,β-unsaturated/α-hetero) is 1. The van der Waals surface area contributed by atoms with Gasteiger partial charge < -0.3 is 14.9 Å². The van der Waals surface area contributed by atoms with Crippen LogP contribution >= 0.6 is 0 Å². The molecule has 2 aromatic heterocycles. The molecule has 0 aliphatic carbocycles. The lowest BCUT2D eigenvalue weighted by Gasteiger charge is -2.25. The topological polar surface area (TPSA) is 121 Å². The van der Waals surface area contributed by atoms with Crippen LogP contribution in [0.5, 0.6) is 0 Å². The molecule has 1 amide bonds. The van der Waals surface area contributed by atoms with Crippen LogP contribution in [0.2, 0.25) is 0 Å². The lowest BCUT2D eigenvalue weighted by molar-refractivity contribution is -0.384. The first-order valence-corrected chi connectivity index (χ1v) is 10.8. The third kappa shape index (κ3) is 4.03. The molecule has 176 valence electrons. The van der Waals surface area contributed by atoms with Crippen molar-refractivity contribution in [2.24, 2.45) is 0 Å². The number of carbonyl (C=O) groups is 2. The number of benzene rings is 1. The van der Waals surface area contributed by atoms with Crippen molar-refractivity contribution < 1.29 is 19.6 Å². The number of aryl methyl sites for hydroxylation is 1. The third-order valence-corrected chi connectivity index (χ3v) is 5.87. The zero-order valence-corrected chi connectivity index (χ0v) is 19.1. The number of nitro benzene ring substituents is 1. The zero-order valence-electron chi connectivity index (χ0n) is 19.1. The number of imidazole rings is 1. The summed E-state index contributed by atoms with van der Waals surface area (Å²) in [6.07, 6.45) is 2.29. The quantitative estimate of drug-likeness (QED) is 0.188. The summed E-state index contributed by atoms with van der Waals surface area (Å²) in [6, 6.07) is 10.2. The van der Waals surface area contributed by atoms with Gasteiger partial charge in [0.2, 0.25) is 0 Å². The number of fused-ring (bicyclic) bond motifs is 1. The lowest BCUT2D eigenvalue weighted by atomic mass is 9.96. The van der Waals surface area contributed by atoms with Crippen LogP contribution < -0.4 is 0 Å². The number of amides is 1. The van der Waals surface area contributed by atoms with Gasteiger partial charge in [-0.3, -0.25) is 24.1 Å². The van der Waals surface area contributed by atoms with E-state index in [4.69, 9.17) is 0 Å². The molecule has 1 atom stereocenters. The minimum Gasteiger partial charge on any atom is -0.505 e. The average molecular weight is 463 g/mol. The Morgan fingerprint density at radius 1 is 1.21 bits per heavy atom. The predicted octanol–water partition coefficient (Wildman–Crippen LogP) is 2.92. The highest BCUT2D eigenvalue weighted by atomic mass is 16.6. The first-order valence-electron chi connectivity index (χ1n) is 10.8. The number of nitrogens with zero attached hydrogens (tertiary/aromatic N) is 5. The maximum absolute atomic E-state index is 13.2. The predicted molar refractivity (Wildman–Crippen MR) is 125 cm³/mol. The van der Waals surface area contributed by atoms with Gasteiger partial charge in [0.25, 0.3) is 17.4 Å². The van der Waals surface area contributed by atoms with Gasteiger partial charge in [0.15, 0.2) is 5.76 Å². The average Bonchev–Trinajstić information content (AvgIpc) is 3.26. The summed E-state index contributed by atoms with van der Waals surface area (Å²) in [5, 5.41) is 22.8. The number of pyridine rings is 1. The summed E-state index contributed by atoms with van der Waals surface area (Å²) >= 11 is 0. The molecule has 1 N–H and O–H groups in total. The largest absolute Gasteiger partial charge is 0.505 e. The van der Waals surface area contributed by atoms with E-state index < -0.39 is 22.7 Å². The molecular formula is C24H25N5O5. The van der Waals surface area contributed by atoms with E-state index in [2.05, 4.69) is 4.98 Å². The van der Waals surface area contributed by atoms with Crippen LogP contribution in [0.1, 0.15) is 29.4 Å². The Bertz CT molecular complexity index is 1330. The van der Waals surface area contributed by atoms with Crippen LogP contribution in [0.3, 0.4) is 0 Å². The van der Waals surface area contributed by atoms with Crippen LogP contribution in [0.25, 0.3) is 11.4 Å². The Balaban J connectivity index is 1.91. The van der Waals surface area contributed by atoms with E-state index in [-0.39, 0.29) is 23.6 Å². The molecule has 10 nitrogen and oxygen atoms in total. The minimum atomic E-state index is -0.962. The van der Waals surface area contributed by atoms with Gasteiger partial charge in [-0.05, 0) is 51.7 Å². The van der Waals surface area contributed by atoms with Crippen molar-refractivity contribution >= 4 is 28.8 Å².